The molecule has 3 nitrogen and oxygen atoms in total. The second-order valence-electron chi connectivity index (χ2n) is 4.98. The van der Waals surface area contributed by atoms with Crippen LogP contribution in [0.2, 0.25) is 0 Å². The van der Waals surface area contributed by atoms with Gasteiger partial charge in [-0.25, -0.2) is 0 Å². The SMILES string of the molecule is CCc1cc(-c2ccc3c(c2)OCCCO3)ccc1N. The first-order chi connectivity index (χ1) is 9.78. The number of benzene rings is 2. The first-order valence-electron chi connectivity index (χ1n) is 7.06. The molecule has 104 valence electrons. The van der Waals surface area contributed by atoms with Gasteiger partial charge in [0, 0.05) is 12.1 Å². The summed E-state index contributed by atoms with van der Waals surface area (Å²) in [5.41, 5.74) is 10.3. The molecular weight excluding hydrogens is 250 g/mol. The van der Waals surface area contributed by atoms with Crippen molar-refractivity contribution in [2.24, 2.45) is 0 Å². The van der Waals surface area contributed by atoms with Crippen molar-refractivity contribution in [2.45, 2.75) is 19.8 Å². The first kappa shape index (κ1) is 12.9. The highest BCUT2D eigenvalue weighted by Crippen LogP contribution is 2.35. The van der Waals surface area contributed by atoms with E-state index in [1.165, 1.54) is 5.56 Å². The summed E-state index contributed by atoms with van der Waals surface area (Å²) in [6, 6.07) is 12.3. The van der Waals surface area contributed by atoms with Crippen molar-refractivity contribution in [3.8, 4) is 22.6 Å². The lowest BCUT2D eigenvalue weighted by Gasteiger charge is -2.11. The molecule has 2 N–H and O–H groups in total. The van der Waals surface area contributed by atoms with Crippen LogP contribution in [0, 0.1) is 0 Å². The minimum Gasteiger partial charge on any atom is -0.490 e. The Morgan fingerprint density at radius 3 is 2.45 bits per heavy atom. The lowest BCUT2D eigenvalue weighted by Crippen LogP contribution is -1.97. The van der Waals surface area contributed by atoms with Crippen molar-refractivity contribution >= 4 is 5.69 Å². The number of rotatable bonds is 2. The van der Waals surface area contributed by atoms with Gasteiger partial charge in [-0.15, -0.1) is 0 Å². The maximum Gasteiger partial charge on any atom is 0.161 e. The number of hydrogen-bond donors (Lipinski definition) is 1. The third kappa shape index (κ3) is 2.44. The monoisotopic (exact) mass is 269 g/mol. The molecule has 2 aromatic carbocycles. The van der Waals surface area contributed by atoms with Crippen LogP contribution in [0.1, 0.15) is 18.9 Å². The fourth-order valence-corrected chi connectivity index (χ4v) is 2.43. The summed E-state index contributed by atoms with van der Waals surface area (Å²) >= 11 is 0. The molecular formula is C17H19NO2. The van der Waals surface area contributed by atoms with E-state index in [1.54, 1.807) is 0 Å². The van der Waals surface area contributed by atoms with Crippen LogP contribution in [0.15, 0.2) is 36.4 Å². The Morgan fingerprint density at radius 1 is 0.950 bits per heavy atom. The normalized spacial score (nSPS) is 13.8. The van der Waals surface area contributed by atoms with Crippen molar-refractivity contribution in [3.63, 3.8) is 0 Å². The summed E-state index contributed by atoms with van der Waals surface area (Å²) in [6.45, 7) is 3.54. The van der Waals surface area contributed by atoms with E-state index in [1.807, 2.05) is 24.3 Å². The average molecular weight is 269 g/mol. The van der Waals surface area contributed by atoms with Gasteiger partial charge in [0.2, 0.25) is 0 Å². The van der Waals surface area contributed by atoms with E-state index in [0.29, 0.717) is 13.2 Å². The van der Waals surface area contributed by atoms with E-state index in [4.69, 9.17) is 15.2 Å². The van der Waals surface area contributed by atoms with Crippen molar-refractivity contribution < 1.29 is 9.47 Å². The molecule has 1 aliphatic rings. The summed E-state index contributed by atoms with van der Waals surface area (Å²) in [5.74, 6) is 1.66. The number of nitrogens with two attached hydrogens (primary N) is 1. The highest BCUT2D eigenvalue weighted by atomic mass is 16.5. The second-order valence-corrected chi connectivity index (χ2v) is 4.98. The van der Waals surface area contributed by atoms with Gasteiger partial charge in [0.1, 0.15) is 0 Å². The highest BCUT2D eigenvalue weighted by molar-refractivity contribution is 5.70. The molecule has 20 heavy (non-hydrogen) atoms. The Labute approximate surface area is 119 Å². The first-order valence-corrected chi connectivity index (χ1v) is 7.06. The lowest BCUT2D eigenvalue weighted by atomic mass is 10.0. The third-order valence-electron chi connectivity index (χ3n) is 3.60. The van der Waals surface area contributed by atoms with Gasteiger partial charge in [0.05, 0.1) is 13.2 Å². The summed E-state index contributed by atoms with van der Waals surface area (Å²) in [4.78, 5) is 0. The molecule has 0 radical (unpaired) electrons. The molecule has 1 aliphatic heterocycles. The largest absolute Gasteiger partial charge is 0.490 e. The number of ether oxygens (including phenoxy) is 2. The van der Waals surface area contributed by atoms with Crippen LogP contribution >= 0.6 is 0 Å². The summed E-state index contributed by atoms with van der Waals surface area (Å²) in [5, 5.41) is 0. The predicted octanol–water partition coefficient (Wildman–Crippen LogP) is 3.66. The minimum atomic E-state index is 0.707. The van der Waals surface area contributed by atoms with E-state index in [9.17, 15) is 0 Å². The van der Waals surface area contributed by atoms with Crippen LogP contribution < -0.4 is 15.2 Å². The standard InChI is InChI=1S/C17H19NO2/c1-2-12-10-13(4-6-15(12)18)14-5-7-16-17(11-14)20-9-3-8-19-16/h4-7,10-11H,2-3,8-9,18H2,1H3. The summed E-state index contributed by atoms with van der Waals surface area (Å²) in [6.07, 6.45) is 1.86. The van der Waals surface area contributed by atoms with E-state index in [0.717, 1.165) is 41.2 Å². The Kier molecular flexibility index (Phi) is 3.50. The smallest absolute Gasteiger partial charge is 0.161 e. The number of aryl methyl sites for hydroxylation is 1. The molecule has 0 saturated heterocycles. The van der Waals surface area contributed by atoms with Crippen LogP contribution in [0.3, 0.4) is 0 Å². The van der Waals surface area contributed by atoms with Gasteiger partial charge in [-0.05, 0) is 47.4 Å². The predicted molar refractivity (Wildman–Crippen MR) is 81.3 cm³/mol. The molecule has 1 heterocycles. The van der Waals surface area contributed by atoms with Gasteiger partial charge in [-0.2, -0.15) is 0 Å². The molecule has 3 heteroatoms. The van der Waals surface area contributed by atoms with Crippen molar-refractivity contribution in [1.82, 2.24) is 0 Å². The molecule has 3 rings (SSSR count). The van der Waals surface area contributed by atoms with Gasteiger partial charge < -0.3 is 15.2 Å². The van der Waals surface area contributed by atoms with Gasteiger partial charge in [-0.3, -0.25) is 0 Å². The van der Waals surface area contributed by atoms with Crippen LogP contribution in [0.25, 0.3) is 11.1 Å². The maximum atomic E-state index is 5.96. The van der Waals surface area contributed by atoms with Gasteiger partial charge in [0.15, 0.2) is 11.5 Å². The molecule has 0 spiro atoms. The molecule has 2 aromatic rings. The number of fused-ring (bicyclic) bond motifs is 1. The molecule has 0 aromatic heterocycles. The fourth-order valence-electron chi connectivity index (χ4n) is 2.43. The van der Waals surface area contributed by atoms with Crippen LogP contribution in [-0.4, -0.2) is 13.2 Å². The number of nitrogen functional groups attached to an aromatic ring is 1. The molecule has 0 saturated carbocycles. The molecule has 0 aliphatic carbocycles. The molecule has 0 fully saturated rings. The van der Waals surface area contributed by atoms with Crippen molar-refractivity contribution in [2.75, 3.05) is 18.9 Å². The Hall–Kier alpha value is -2.16. The van der Waals surface area contributed by atoms with E-state index in [-0.39, 0.29) is 0 Å². The summed E-state index contributed by atoms with van der Waals surface area (Å²) in [7, 11) is 0. The van der Waals surface area contributed by atoms with Crippen LogP contribution in [0.4, 0.5) is 5.69 Å². The Bertz CT molecular complexity index is 622. The summed E-state index contributed by atoms with van der Waals surface area (Å²) < 4.78 is 11.4. The van der Waals surface area contributed by atoms with Crippen molar-refractivity contribution in [1.29, 1.82) is 0 Å². The molecule has 0 amide bonds. The zero-order chi connectivity index (χ0) is 13.9. The number of hydrogen-bond acceptors (Lipinski definition) is 3. The van der Waals surface area contributed by atoms with Crippen LogP contribution in [-0.2, 0) is 6.42 Å². The van der Waals surface area contributed by atoms with Crippen LogP contribution in [0.5, 0.6) is 11.5 Å². The Morgan fingerprint density at radius 2 is 1.65 bits per heavy atom. The molecule has 0 atom stereocenters. The zero-order valence-electron chi connectivity index (χ0n) is 11.7. The van der Waals surface area contributed by atoms with Gasteiger partial charge in [0.25, 0.3) is 0 Å². The lowest BCUT2D eigenvalue weighted by molar-refractivity contribution is 0.297. The molecule has 0 bridgehead atoms. The third-order valence-corrected chi connectivity index (χ3v) is 3.60. The van der Waals surface area contributed by atoms with Crippen molar-refractivity contribution in [3.05, 3.63) is 42.0 Å². The van der Waals surface area contributed by atoms with Gasteiger partial charge >= 0.3 is 0 Å². The minimum absolute atomic E-state index is 0.707. The van der Waals surface area contributed by atoms with Gasteiger partial charge in [-0.1, -0.05) is 19.1 Å². The molecule has 0 unspecified atom stereocenters. The fraction of sp³-hybridized carbons (Fsp3) is 0.294. The zero-order valence-corrected chi connectivity index (χ0v) is 11.7. The van der Waals surface area contributed by atoms with E-state index >= 15 is 0 Å². The topological polar surface area (TPSA) is 44.5 Å². The van der Waals surface area contributed by atoms with E-state index < -0.39 is 0 Å². The quantitative estimate of drug-likeness (QED) is 0.846. The second kappa shape index (κ2) is 5.45. The highest BCUT2D eigenvalue weighted by Gasteiger charge is 2.11. The maximum absolute atomic E-state index is 5.96. The Balaban J connectivity index is 2.00. The average Bonchev–Trinajstić information content (AvgIpc) is 2.72. The van der Waals surface area contributed by atoms with E-state index in [2.05, 4.69) is 19.1 Å². The number of anilines is 1.